The molecule has 2 aliphatic heterocycles. The summed E-state index contributed by atoms with van der Waals surface area (Å²) < 4.78 is 13.3. The van der Waals surface area contributed by atoms with Crippen LogP contribution >= 0.6 is 11.8 Å². The number of ether oxygens (including phenoxy) is 2. The minimum absolute atomic E-state index is 0.0000827. The molecule has 194 valence electrons. The van der Waals surface area contributed by atoms with Crippen molar-refractivity contribution in [2.24, 2.45) is 10.1 Å². The monoisotopic (exact) mass is 536 g/mol. The number of amides is 1. The fourth-order valence-corrected chi connectivity index (χ4v) is 5.33. The Bertz CT molecular complexity index is 1670. The van der Waals surface area contributed by atoms with Crippen LogP contribution < -0.4 is 9.47 Å². The van der Waals surface area contributed by atoms with E-state index in [2.05, 4.69) is 19.6 Å². The van der Waals surface area contributed by atoms with Gasteiger partial charge in [0.25, 0.3) is 5.91 Å². The predicted octanol–water partition coefficient (Wildman–Crippen LogP) is 5.18. The summed E-state index contributed by atoms with van der Waals surface area (Å²) in [5.41, 5.74) is 2.89. The van der Waals surface area contributed by atoms with Crippen molar-refractivity contribution in [3.05, 3.63) is 96.0 Å². The number of nitrogens with zero attached hydrogens (tertiary/aromatic N) is 5. The van der Waals surface area contributed by atoms with Crippen molar-refractivity contribution in [2.45, 2.75) is 13.0 Å². The van der Waals surface area contributed by atoms with Gasteiger partial charge in [-0.2, -0.15) is 15.1 Å². The molecule has 4 heterocycles. The number of rotatable bonds is 8. The molecule has 0 bridgehead atoms. The first kappa shape index (κ1) is 24.6. The highest BCUT2D eigenvalue weighted by molar-refractivity contribution is 8.27. The van der Waals surface area contributed by atoms with E-state index in [9.17, 15) is 4.79 Å². The van der Waals surface area contributed by atoms with Gasteiger partial charge < -0.3 is 14.0 Å². The maximum atomic E-state index is 13.0. The van der Waals surface area contributed by atoms with E-state index in [1.54, 1.807) is 25.6 Å². The van der Waals surface area contributed by atoms with Crippen LogP contribution in [0.1, 0.15) is 17.5 Å². The topological polar surface area (TPSA) is 105 Å². The third-order valence-electron chi connectivity index (χ3n) is 6.34. The molecular weight excluding hydrogens is 512 g/mol. The lowest BCUT2D eigenvalue weighted by atomic mass is 10.1. The third kappa shape index (κ3) is 4.94. The van der Waals surface area contributed by atoms with Crippen molar-refractivity contribution in [2.75, 3.05) is 13.7 Å². The molecule has 0 spiro atoms. The van der Waals surface area contributed by atoms with Gasteiger partial charge in [0.15, 0.2) is 5.84 Å². The first-order chi connectivity index (χ1) is 19.1. The van der Waals surface area contributed by atoms with Gasteiger partial charge in [-0.15, -0.1) is 0 Å². The van der Waals surface area contributed by atoms with E-state index in [0.717, 1.165) is 46.5 Å². The van der Waals surface area contributed by atoms with E-state index >= 15 is 0 Å². The lowest BCUT2D eigenvalue weighted by molar-refractivity contribution is -0.114. The Morgan fingerprint density at radius 2 is 1.95 bits per heavy atom. The van der Waals surface area contributed by atoms with E-state index in [0.29, 0.717) is 16.8 Å². The second-order valence-electron chi connectivity index (χ2n) is 8.84. The molecule has 2 aromatic carbocycles. The van der Waals surface area contributed by atoms with E-state index in [1.165, 1.54) is 16.8 Å². The van der Waals surface area contributed by atoms with Crippen LogP contribution in [0.4, 0.5) is 0 Å². The van der Waals surface area contributed by atoms with Crippen molar-refractivity contribution in [3.63, 3.8) is 0 Å². The fourth-order valence-electron chi connectivity index (χ4n) is 4.44. The summed E-state index contributed by atoms with van der Waals surface area (Å²) in [5, 5.41) is 16.7. The van der Waals surface area contributed by atoms with E-state index in [1.807, 2.05) is 66.9 Å². The molecule has 39 heavy (non-hydrogen) atoms. The fraction of sp³-hybridized carbons (Fsp3) is 0.138. The Labute approximate surface area is 229 Å². The van der Waals surface area contributed by atoms with Crippen LogP contribution in [0.15, 0.2) is 94.9 Å². The molecule has 0 unspecified atom stereocenters. The van der Waals surface area contributed by atoms with Gasteiger partial charge in [0.2, 0.25) is 5.17 Å². The highest BCUT2D eigenvalue weighted by Crippen LogP contribution is 2.32. The second kappa shape index (κ2) is 10.6. The summed E-state index contributed by atoms with van der Waals surface area (Å²) in [7, 11) is 1.63. The number of hydrazone groups is 1. The number of aryl methyl sites for hydroxylation is 1. The number of methoxy groups -OCH3 is 1. The van der Waals surface area contributed by atoms with Crippen molar-refractivity contribution in [1.82, 2.24) is 14.6 Å². The number of hydrogen-bond acceptors (Lipinski definition) is 7. The summed E-state index contributed by atoms with van der Waals surface area (Å²) in [5.74, 6) is 1.07. The standard InChI is InChI=1S/C29H24N6O3S/c1-37-21-8-4-9-22(16-21)38-14-6-13-34-18-20(23-10-2-3-11-25(23)34)15-24-26(30)35-29(32-27(24)36)39-28(33-35)19-7-5-12-31-17-19/h2-5,7-12,15-18,30H,6,13-14H2,1H3/b24-15-,30-26?. The zero-order chi connectivity index (χ0) is 26.8. The van der Waals surface area contributed by atoms with E-state index in [-0.39, 0.29) is 11.4 Å². The highest BCUT2D eigenvalue weighted by atomic mass is 32.2. The van der Waals surface area contributed by atoms with Gasteiger partial charge in [0.1, 0.15) is 16.5 Å². The van der Waals surface area contributed by atoms with Gasteiger partial charge in [-0.25, -0.2) is 0 Å². The van der Waals surface area contributed by atoms with Crippen LogP contribution in [0.2, 0.25) is 0 Å². The Hall–Kier alpha value is -4.70. The van der Waals surface area contributed by atoms with Crippen LogP contribution in [0.3, 0.4) is 0 Å². The minimum Gasteiger partial charge on any atom is -0.497 e. The predicted molar refractivity (Wildman–Crippen MR) is 153 cm³/mol. The van der Waals surface area contributed by atoms with E-state index < -0.39 is 5.91 Å². The molecule has 10 heteroatoms. The molecular formula is C29H24N6O3S. The van der Waals surface area contributed by atoms with Crippen molar-refractivity contribution < 1.29 is 14.3 Å². The summed E-state index contributed by atoms with van der Waals surface area (Å²) in [4.78, 5) is 21.4. The molecule has 6 rings (SSSR count). The van der Waals surface area contributed by atoms with Crippen LogP contribution in [0.5, 0.6) is 11.5 Å². The zero-order valence-electron chi connectivity index (χ0n) is 21.1. The van der Waals surface area contributed by atoms with Gasteiger partial charge in [-0.1, -0.05) is 24.3 Å². The maximum absolute atomic E-state index is 13.0. The molecule has 0 saturated heterocycles. The molecule has 9 nitrogen and oxygen atoms in total. The van der Waals surface area contributed by atoms with Gasteiger partial charge in [0, 0.05) is 53.2 Å². The average molecular weight is 537 g/mol. The number of amidine groups is 2. The number of carbonyl (C=O) groups excluding carboxylic acids is 1. The van der Waals surface area contributed by atoms with Crippen LogP contribution in [0.25, 0.3) is 17.0 Å². The number of benzene rings is 2. The molecule has 2 aliphatic rings. The maximum Gasteiger partial charge on any atom is 0.283 e. The normalized spacial score (nSPS) is 15.9. The van der Waals surface area contributed by atoms with Crippen LogP contribution in [-0.4, -0.2) is 50.2 Å². The summed E-state index contributed by atoms with van der Waals surface area (Å²) in [6, 6.07) is 19.3. The number of aliphatic imine (C=N–C) groups is 1. The number of aromatic nitrogens is 2. The summed E-state index contributed by atoms with van der Waals surface area (Å²) in [6.07, 6.45) is 7.91. The number of hydrogen-bond donors (Lipinski definition) is 1. The van der Waals surface area contributed by atoms with Crippen molar-refractivity contribution >= 4 is 50.7 Å². The Morgan fingerprint density at radius 1 is 1.08 bits per heavy atom. The first-order valence-electron chi connectivity index (χ1n) is 12.4. The Kier molecular flexibility index (Phi) is 6.68. The third-order valence-corrected chi connectivity index (χ3v) is 7.29. The van der Waals surface area contributed by atoms with Crippen LogP contribution in [-0.2, 0) is 11.3 Å². The first-order valence-corrected chi connectivity index (χ1v) is 13.2. The number of carbonyl (C=O) groups is 1. The van der Waals surface area contributed by atoms with Gasteiger partial charge in [-0.05, 0) is 54.6 Å². The van der Waals surface area contributed by atoms with Gasteiger partial charge in [0.05, 0.1) is 19.3 Å². The number of fused-ring (bicyclic) bond motifs is 2. The van der Waals surface area contributed by atoms with Gasteiger partial charge in [-0.3, -0.25) is 15.2 Å². The number of nitrogens with one attached hydrogen (secondary N) is 1. The molecule has 4 aromatic rings. The number of para-hydroxylation sites is 1. The largest absolute Gasteiger partial charge is 0.497 e. The molecule has 0 aliphatic carbocycles. The number of thioether (sulfide) groups is 1. The molecule has 2 aromatic heterocycles. The SMILES string of the molecule is COc1cccc(OCCCn2cc(/C=C3/C(=N)N4N=C(c5cccnc5)SC4=NC3=O)c3ccccc32)c1. The minimum atomic E-state index is -0.454. The van der Waals surface area contributed by atoms with Crippen LogP contribution in [0, 0.1) is 5.41 Å². The van der Waals surface area contributed by atoms with Gasteiger partial charge >= 0.3 is 0 Å². The Balaban J connectivity index is 1.22. The molecule has 0 fully saturated rings. The zero-order valence-corrected chi connectivity index (χ0v) is 21.9. The molecule has 1 N–H and O–H groups in total. The lowest BCUT2D eigenvalue weighted by Crippen LogP contribution is -2.35. The molecule has 0 atom stereocenters. The summed E-state index contributed by atoms with van der Waals surface area (Å²) >= 11 is 1.26. The molecule has 0 radical (unpaired) electrons. The van der Waals surface area contributed by atoms with E-state index in [4.69, 9.17) is 14.9 Å². The summed E-state index contributed by atoms with van der Waals surface area (Å²) in [6.45, 7) is 1.27. The van der Waals surface area contributed by atoms with Crippen molar-refractivity contribution in [1.29, 1.82) is 5.41 Å². The molecule has 1 amide bonds. The smallest absolute Gasteiger partial charge is 0.283 e. The average Bonchev–Trinajstić information content (AvgIpc) is 3.56. The molecule has 0 saturated carbocycles. The Morgan fingerprint density at radius 3 is 2.79 bits per heavy atom. The quantitative estimate of drug-likeness (QED) is 0.246. The highest BCUT2D eigenvalue weighted by Gasteiger charge is 2.36. The van der Waals surface area contributed by atoms with Crippen molar-refractivity contribution in [3.8, 4) is 11.5 Å². The number of pyridine rings is 1. The second-order valence-corrected chi connectivity index (χ2v) is 9.80. The lowest BCUT2D eigenvalue weighted by Gasteiger charge is -2.20.